The van der Waals surface area contributed by atoms with Gasteiger partial charge in [0.2, 0.25) is 0 Å². The van der Waals surface area contributed by atoms with E-state index in [9.17, 15) is 10.1 Å². The number of hydrogen-bond acceptors (Lipinski definition) is 4. The Hall–Kier alpha value is -1.39. The van der Waals surface area contributed by atoms with Crippen molar-refractivity contribution in [2.24, 2.45) is 4.99 Å². The second-order valence-corrected chi connectivity index (χ2v) is 5.90. The van der Waals surface area contributed by atoms with Gasteiger partial charge in [0.05, 0.1) is 17.2 Å². The second-order valence-electron chi connectivity index (χ2n) is 5.90. The van der Waals surface area contributed by atoms with Crippen LogP contribution in [0.4, 0.5) is 0 Å². The van der Waals surface area contributed by atoms with E-state index in [0.29, 0.717) is 6.04 Å². The molecule has 0 aliphatic heterocycles. The minimum Gasteiger partial charge on any atom is -0.383 e. The molecule has 0 heterocycles. The lowest BCUT2D eigenvalue weighted by Crippen LogP contribution is -2.27. The summed E-state index contributed by atoms with van der Waals surface area (Å²) in [4.78, 5) is 15.1. The van der Waals surface area contributed by atoms with Crippen LogP contribution in [0.2, 0.25) is 0 Å². The maximum absolute atomic E-state index is 11.1. The quantitative estimate of drug-likeness (QED) is 0.476. The summed E-state index contributed by atoms with van der Waals surface area (Å²) >= 11 is 0. The van der Waals surface area contributed by atoms with Crippen molar-refractivity contribution in [2.75, 3.05) is 0 Å². The standard InChI is InChI=1S/C15H25N3O2/c19-18(20)15(11-16-13-7-3-1-4-8-13)12-17-14-9-5-2-6-10-14/h11-14,16H,1-10H2/b15-11-,17-12?. The highest BCUT2D eigenvalue weighted by Crippen LogP contribution is 2.20. The highest BCUT2D eigenvalue weighted by atomic mass is 16.6. The number of nitrogens with one attached hydrogen (secondary N) is 1. The van der Waals surface area contributed by atoms with E-state index in [2.05, 4.69) is 10.3 Å². The van der Waals surface area contributed by atoms with Crippen LogP contribution >= 0.6 is 0 Å². The molecule has 2 rings (SSSR count). The Morgan fingerprint density at radius 2 is 1.65 bits per heavy atom. The smallest absolute Gasteiger partial charge is 0.302 e. The fraction of sp³-hybridized carbons (Fsp3) is 0.800. The normalized spacial score (nSPS) is 23.1. The van der Waals surface area contributed by atoms with E-state index >= 15 is 0 Å². The molecule has 0 aromatic carbocycles. The maximum Gasteiger partial charge on any atom is 0.302 e. The Labute approximate surface area is 120 Å². The maximum atomic E-state index is 11.1. The lowest BCUT2D eigenvalue weighted by molar-refractivity contribution is -0.414. The molecule has 5 nitrogen and oxygen atoms in total. The van der Waals surface area contributed by atoms with Gasteiger partial charge in [0.1, 0.15) is 6.21 Å². The van der Waals surface area contributed by atoms with Gasteiger partial charge in [0, 0.05) is 6.04 Å². The molecule has 0 saturated heterocycles. The Kier molecular flexibility index (Phi) is 6.02. The summed E-state index contributed by atoms with van der Waals surface area (Å²) < 4.78 is 0. The molecular formula is C15H25N3O2. The third kappa shape index (κ3) is 4.94. The van der Waals surface area contributed by atoms with Gasteiger partial charge in [-0.05, 0) is 25.7 Å². The first-order valence-electron chi connectivity index (χ1n) is 7.89. The average molecular weight is 279 g/mol. The number of nitro groups is 1. The Bertz CT molecular complexity index is 367. The molecule has 1 N–H and O–H groups in total. The summed E-state index contributed by atoms with van der Waals surface area (Å²) in [6.45, 7) is 0. The molecule has 0 spiro atoms. The number of allylic oxidation sites excluding steroid dienone is 1. The molecule has 0 unspecified atom stereocenters. The molecule has 0 aromatic rings. The van der Waals surface area contributed by atoms with Crippen molar-refractivity contribution in [3.63, 3.8) is 0 Å². The summed E-state index contributed by atoms with van der Waals surface area (Å²) in [5.74, 6) is 0. The van der Waals surface area contributed by atoms with Gasteiger partial charge in [-0.25, -0.2) is 0 Å². The van der Waals surface area contributed by atoms with Crippen LogP contribution in [-0.2, 0) is 0 Å². The van der Waals surface area contributed by atoms with Gasteiger partial charge in [-0.15, -0.1) is 0 Å². The van der Waals surface area contributed by atoms with Crippen LogP contribution in [0.1, 0.15) is 64.2 Å². The third-order valence-corrected chi connectivity index (χ3v) is 4.28. The lowest BCUT2D eigenvalue weighted by atomic mass is 9.96. The van der Waals surface area contributed by atoms with Gasteiger partial charge in [-0.1, -0.05) is 38.5 Å². The van der Waals surface area contributed by atoms with Crippen molar-refractivity contribution in [3.05, 3.63) is 22.0 Å². The summed E-state index contributed by atoms with van der Waals surface area (Å²) in [5, 5.41) is 14.2. The van der Waals surface area contributed by atoms with Crippen molar-refractivity contribution < 1.29 is 4.92 Å². The second kappa shape index (κ2) is 8.02. The van der Waals surface area contributed by atoms with E-state index in [-0.39, 0.29) is 16.7 Å². The van der Waals surface area contributed by atoms with Crippen LogP contribution in [0, 0.1) is 10.1 Å². The van der Waals surface area contributed by atoms with Crippen molar-refractivity contribution in [1.29, 1.82) is 0 Å². The summed E-state index contributed by atoms with van der Waals surface area (Å²) in [6, 6.07) is 0.670. The number of hydrogen-bond donors (Lipinski definition) is 1. The van der Waals surface area contributed by atoms with Gasteiger partial charge in [0.15, 0.2) is 0 Å². The molecule has 2 fully saturated rings. The first kappa shape index (κ1) is 15.0. The minimum atomic E-state index is -0.345. The molecule has 0 amide bonds. The van der Waals surface area contributed by atoms with Crippen LogP contribution in [0.25, 0.3) is 0 Å². The number of rotatable bonds is 5. The van der Waals surface area contributed by atoms with Crippen molar-refractivity contribution in [2.45, 2.75) is 76.3 Å². The predicted molar refractivity (Wildman–Crippen MR) is 80.5 cm³/mol. The SMILES string of the molecule is O=[N+]([O-])/C(C=NC1CCCCC1)=C\NC1CCCCC1. The topological polar surface area (TPSA) is 67.5 Å². The summed E-state index contributed by atoms with van der Waals surface area (Å²) in [5.41, 5.74) is 0.0844. The van der Waals surface area contributed by atoms with Gasteiger partial charge in [-0.2, -0.15) is 0 Å². The van der Waals surface area contributed by atoms with E-state index in [0.717, 1.165) is 25.7 Å². The van der Waals surface area contributed by atoms with Crippen LogP contribution in [0.15, 0.2) is 16.9 Å². The van der Waals surface area contributed by atoms with E-state index in [4.69, 9.17) is 0 Å². The molecule has 0 atom stereocenters. The van der Waals surface area contributed by atoms with Gasteiger partial charge >= 0.3 is 5.70 Å². The van der Waals surface area contributed by atoms with Crippen LogP contribution in [-0.4, -0.2) is 23.2 Å². The molecule has 2 aliphatic carbocycles. The van der Waals surface area contributed by atoms with E-state index < -0.39 is 0 Å². The van der Waals surface area contributed by atoms with E-state index in [1.807, 2.05) is 0 Å². The van der Waals surface area contributed by atoms with Crippen LogP contribution < -0.4 is 5.32 Å². The van der Waals surface area contributed by atoms with Gasteiger partial charge in [0.25, 0.3) is 0 Å². The van der Waals surface area contributed by atoms with Crippen LogP contribution in [0.5, 0.6) is 0 Å². The fourth-order valence-corrected chi connectivity index (χ4v) is 3.02. The summed E-state index contributed by atoms with van der Waals surface area (Å²) in [7, 11) is 0. The number of aliphatic imine (C=N–C) groups is 1. The Morgan fingerprint density at radius 3 is 2.25 bits per heavy atom. The molecule has 20 heavy (non-hydrogen) atoms. The predicted octanol–water partition coefficient (Wildman–Crippen LogP) is 3.43. The molecule has 2 aliphatic rings. The lowest BCUT2D eigenvalue weighted by Gasteiger charge is -2.21. The third-order valence-electron chi connectivity index (χ3n) is 4.28. The zero-order valence-corrected chi connectivity index (χ0v) is 12.1. The van der Waals surface area contributed by atoms with Crippen molar-refractivity contribution in [1.82, 2.24) is 5.32 Å². The Morgan fingerprint density at radius 1 is 1.05 bits per heavy atom. The highest BCUT2D eigenvalue weighted by molar-refractivity contribution is 5.75. The molecule has 0 radical (unpaired) electrons. The summed E-state index contributed by atoms with van der Waals surface area (Å²) in [6.07, 6.45) is 14.7. The Balaban J connectivity index is 1.88. The zero-order valence-electron chi connectivity index (χ0n) is 12.1. The van der Waals surface area contributed by atoms with Crippen molar-refractivity contribution >= 4 is 6.21 Å². The van der Waals surface area contributed by atoms with Crippen molar-refractivity contribution in [3.8, 4) is 0 Å². The van der Waals surface area contributed by atoms with Gasteiger partial charge in [-0.3, -0.25) is 15.1 Å². The molecule has 0 aromatic heterocycles. The molecule has 2 saturated carbocycles. The minimum absolute atomic E-state index is 0.0844. The molecule has 112 valence electrons. The van der Waals surface area contributed by atoms with Crippen LogP contribution in [0.3, 0.4) is 0 Å². The van der Waals surface area contributed by atoms with E-state index in [1.165, 1.54) is 44.7 Å². The average Bonchev–Trinajstić information content (AvgIpc) is 2.49. The zero-order chi connectivity index (χ0) is 14.2. The number of nitrogens with zero attached hydrogens (tertiary/aromatic N) is 2. The van der Waals surface area contributed by atoms with Gasteiger partial charge < -0.3 is 5.32 Å². The van der Waals surface area contributed by atoms with E-state index in [1.54, 1.807) is 6.20 Å². The first-order valence-corrected chi connectivity index (χ1v) is 7.89. The highest BCUT2D eigenvalue weighted by Gasteiger charge is 2.15. The molecular weight excluding hydrogens is 254 g/mol. The monoisotopic (exact) mass is 279 g/mol. The largest absolute Gasteiger partial charge is 0.383 e. The molecule has 0 bridgehead atoms. The first-order chi connectivity index (χ1) is 9.75. The fourth-order valence-electron chi connectivity index (χ4n) is 3.02. The molecule has 5 heteroatoms.